The van der Waals surface area contributed by atoms with Crippen LogP contribution < -0.4 is 5.43 Å². The van der Waals surface area contributed by atoms with Crippen LogP contribution in [-0.2, 0) is 14.3 Å². The maximum absolute atomic E-state index is 12.4. The molecule has 1 aliphatic rings. The lowest BCUT2D eigenvalue weighted by Crippen LogP contribution is -2.43. The molecule has 0 radical (unpaired) electrons. The topological polar surface area (TPSA) is 92.8 Å². The van der Waals surface area contributed by atoms with Gasteiger partial charge in [-0.1, -0.05) is 48.0 Å². The number of hydrogen-bond acceptors (Lipinski definition) is 5. The molecule has 29 heavy (non-hydrogen) atoms. The number of benzene rings is 2. The van der Waals surface area contributed by atoms with E-state index in [1.807, 2.05) is 13.0 Å². The molecule has 1 saturated heterocycles. The third-order valence-corrected chi connectivity index (χ3v) is 4.80. The number of aryl methyl sites for hydroxylation is 2. The lowest BCUT2D eigenvalue weighted by atomic mass is 10.1. The number of ketones is 1. The predicted octanol–water partition coefficient (Wildman–Crippen LogP) is 2.22. The number of amides is 2. The molecule has 150 valence electrons. The number of carbonyl (C=O) groups excluding carboxylic acids is 4. The van der Waals surface area contributed by atoms with Crippen molar-refractivity contribution in [2.75, 3.05) is 13.2 Å². The van der Waals surface area contributed by atoms with E-state index in [4.69, 9.17) is 4.74 Å². The number of carbonyl (C=O) groups is 4. The van der Waals surface area contributed by atoms with E-state index in [9.17, 15) is 19.2 Å². The highest BCUT2D eigenvalue weighted by Crippen LogP contribution is 2.18. The van der Waals surface area contributed by atoms with E-state index in [1.54, 1.807) is 49.4 Å². The van der Waals surface area contributed by atoms with Gasteiger partial charge in [0.25, 0.3) is 5.91 Å². The second-order valence-electron chi connectivity index (χ2n) is 7.06. The Morgan fingerprint density at radius 3 is 2.45 bits per heavy atom. The minimum atomic E-state index is -0.731. The zero-order chi connectivity index (χ0) is 21.0. The molecule has 0 spiro atoms. The van der Waals surface area contributed by atoms with Crippen molar-refractivity contribution in [1.82, 2.24) is 10.4 Å². The number of hydrogen-bond donors (Lipinski definition) is 1. The number of Topliss-reactive ketones (excluding diaryl/α,β-unsaturated/α-hetero) is 1. The van der Waals surface area contributed by atoms with Gasteiger partial charge in [-0.2, -0.15) is 0 Å². The maximum Gasteiger partial charge on any atom is 0.311 e. The van der Waals surface area contributed by atoms with Crippen LogP contribution in [0, 0.1) is 19.8 Å². The van der Waals surface area contributed by atoms with Gasteiger partial charge in [0.2, 0.25) is 5.91 Å². The normalized spacial score (nSPS) is 15.9. The van der Waals surface area contributed by atoms with Crippen molar-refractivity contribution < 1.29 is 23.9 Å². The van der Waals surface area contributed by atoms with E-state index >= 15 is 0 Å². The van der Waals surface area contributed by atoms with Crippen LogP contribution in [0.25, 0.3) is 0 Å². The fourth-order valence-corrected chi connectivity index (χ4v) is 3.06. The van der Waals surface area contributed by atoms with E-state index in [-0.39, 0.29) is 31.3 Å². The molecular formula is C22H22N2O5. The van der Waals surface area contributed by atoms with Crippen molar-refractivity contribution in [3.63, 3.8) is 0 Å². The summed E-state index contributed by atoms with van der Waals surface area (Å²) in [6.45, 7) is 3.33. The van der Waals surface area contributed by atoms with Crippen LogP contribution in [-0.4, -0.2) is 41.7 Å². The summed E-state index contributed by atoms with van der Waals surface area (Å²) in [5.74, 6) is -2.47. The maximum atomic E-state index is 12.4. The highest BCUT2D eigenvalue weighted by molar-refractivity contribution is 5.99. The average molecular weight is 394 g/mol. The first-order chi connectivity index (χ1) is 13.8. The van der Waals surface area contributed by atoms with Crippen LogP contribution in [0.15, 0.2) is 48.5 Å². The zero-order valence-corrected chi connectivity index (χ0v) is 16.3. The van der Waals surface area contributed by atoms with Crippen molar-refractivity contribution in [2.45, 2.75) is 20.3 Å². The van der Waals surface area contributed by atoms with E-state index < -0.39 is 17.8 Å². The molecule has 1 atom stereocenters. The highest BCUT2D eigenvalue weighted by atomic mass is 16.5. The minimum Gasteiger partial charge on any atom is -0.457 e. The van der Waals surface area contributed by atoms with Gasteiger partial charge >= 0.3 is 5.97 Å². The largest absolute Gasteiger partial charge is 0.457 e. The third kappa shape index (κ3) is 4.87. The number of esters is 1. The van der Waals surface area contributed by atoms with Gasteiger partial charge in [0.05, 0.1) is 12.5 Å². The molecule has 7 heteroatoms. The number of nitrogens with one attached hydrogen (secondary N) is 1. The van der Waals surface area contributed by atoms with Crippen LogP contribution in [0.2, 0.25) is 0 Å². The van der Waals surface area contributed by atoms with Gasteiger partial charge in [-0.25, -0.2) is 0 Å². The quantitative estimate of drug-likeness (QED) is 0.599. The summed E-state index contributed by atoms with van der Waals surface area (Å²) >= 11 is 0. The van der Waals surface area contributed by atoms with Gasteiger partial charge < -0.3 is 4.74 Å². The average Bonchev–Trinajstić information content (AvgIpc) is 3.07. The number of hydrazine groups is 1. The summed E-state index contributed by atoms with van der Waals surface area (Å²) in [7, 11) is 0. The Morgan fingerprint density at radius 1 is 1.07 bits per heavy atom. The van der Waals surface area contributed by atoms with Crippen molar-refractivity contribution in [3.8, 4) is 0 Å². The molecule has 1 aliphatic heterocycles. The van der Waals surface area contributed by atoms with Crippen molar-refractivity contribution in [3.05, 3.63) is 70.8 Å². The van der Waals surface area contributed by atoms with Crippen molar-refractivity contribution in [1.29, 1.82) is 0 Å². The first-order valence-corrected chi connectivity index (χ1v) is 9.28. The monoisotopic (exact) mass is 394 g/mol. The molecule has 2 aromatic rings. The molecule has 3 rings (SSSR count). The highest BCUT2D eigenvalue weighted by Gasteiger charge is 2.36. The van der Waals surface area contributed by atoms with E-state index in [0.717, 1.165) is 16.1 Å². The van der Waals surface area contributed by atoms with E-state index in [2.05, 4.69) is 5.43 Å². The van der Waals surface area contributed by atoms with Crippen LogP contribution in [0.1, 0.15) is 38.3 Å². The first-order valence-electron chi connectivity index (χ1n) is 9.28. The summed E-state index contributed by atoms with van der Waals surface area (Å²) in [6, 6.07) is 14.0. The lowest BCUT2D eigenvalue weighted by Gasteiger charge is -2.18. The standard InChI is InChI=1S/C22H22N2O5/c1-14-7-9-16(10-8-14)19(25)13-29-22(28)17-11-20(26)24(12-17)23-21(27)18-6-4-3-5-15(18)2/h3-10,17H,11-13H2,1-2H3,(H,23,27). The molecule has 7 nitrogen and oxygen atoms in total. The van der Waals surface area contributed by atoms with Gasteiger partial charge in [0.1, 0.15) is 0 Å². The van der Waals surface area contributed by atoms with Crippen molar-refractivity contribution >= 4 is 23.6 Å². The number of rotatable bonds is 6. The molecule has 1 N–H and O–H groups in total. The Morgan fingerprint density at radius 2 is 1.76 bits per heavy atom. The summed E-state index contributed by atoms with van der Waals surface area (Å²) in [5.41, 5.74) is 5.25. The number of ether oxygens (including phenoxy) is 1. The molecule has 0 aromatic heterocycles. The van der Waals surface area contributed by atoms with Crippen LogP contribution >= 0.6 is 0 Å². The Hall–Kier alpha value is -3.48. The summed E-state index contributed by atoms with van der Waals surface area (Å²) in [4.78, 5) is 48.9. The van der Waals surface area contributed by atoms with Crippen molar-refractivity contribution in [2.24, 2.45) is 5.92 Å². The Labute approximate surface area is 168 Å². The second-order valence-corrected chi connectivity index (χ2v) is 7.06. The van der Waals surface area contributed by atoms with Gasteiger partial charge in [0.15, 0.2) is 12.4 Å². The van der Waals surface area contributed by atoms with Gasteiger partial charge in [-0.05, 0) is 25.5 Å². The second kappa shape index (κ2) is 8.68. The molecule has 2 aromatic carbocycles. The fraction of sp³-hybridized carbons (Fsp3) is 0.273. The Balaban J connectivity index is 1.53. The van der Waals surface area contributed by atoms with Crippen LogP contribution in [0.4, 0.5) is 0 Å². The SMILES string of the molecule is Cc1ccc(C(=O)COC(=O)C2CC(=O)N(NC(=O)c3ccccc3C)C2)cc1. The summed E-state index contributed by atoms with van der Waals surface area (Å²) in [5, 5.41) is 1.13. The van der Waals surface area contributed by atoms with E-state index in [0.29, 0.717) is 11.1 Å². The first kappa shape index (κ1) is 20.3. The fourth-order valence-electron chi connectivity index (χ4n) is 3.06. The predicted molar refractivity (Wildman–Crippen MR) is 105 cm³/mol. The molecule has 1 unspecified atom stereocenters. The molecule has 0 saturated carbocycles. The third-order valence-electron chi connectivity index (χ3n) is 4.80. The van der Waals surface area contributed by atoms with Gasteiger partial charge in [0, 0.05) is 17.5 Å². The summed E-state index contributed by atoms with van der Waals surface area (Å²) in [6.07, 6.45) is -0.0778. The molecule has 2 amide bonds. The molecule has 1 fully saturated rings. The smallest absolute Gasteiger partial charge is 0.311 e. The van der Waals surface area contributed by atoms with Gasteiger partial charge in [-0.15, -0.1) is 0 Å². The molecule has 0 aliphatic carbocycles. The number of nitrogens with zero attached hydrogens (tertiary/aromatic N) is 1. The Bertz CT molecular complexity index is 952. The minimum absolute atomic E-state index is 0.00795. The van der Waals surface area contributed by atoms with Crippen LogP contribution in [0.3, 0.4) is 0 Å². The van der Waals surface area contributed by atoms with Gasteiger partial charge in [-0.3, -0.25) is 29.6 Å². The van der Waals surface area contributed by atoms with Crippen LogP contribution in [0.5, 0.6) is 0 Å². The molecule has 1 heterocycles. The summed E-state index contributed by atoms with van der Waals surface area (Å²) < 4.78 is 5.10. The lowest BCUT2D eigenvalue weighted by molar-refractivity contribution is -0.147. The zero-order valence-electron chi connectivity index (χ0n) is 16.3. The van der Waals surface area contributed by atoms with E-state index in [1.165, 1.54) is 0 Å². The molecule has 0 bridgehead atoms. The molecular weight excluding hydrogens is 372 g/mol. The Kier molecular flexibility index (Phi) is 6.07.